The first-order valence-corrected chi connectivity index (χ1v) is 10.3. The molecule has 2 aliphatic heterocycles. The Hall–Kier alpha value is -1.53. The van der Waals surface area contributed by atoms with E-state index in [1.54, 1.807) is 36.4 Å². The van der Waals surface area contributed by atoms with Crippen LogP contribution in [0.1, 0.15) is 28.4 Å². The largest absolute Gasteiger partial charge is 0.332 e. The number of rotatable bonds is 3. The van der Waals surface area contributed by atoms with Crippen LogP contribution in [-0.4, -0.2) is 38.4 Å². The summed E-state index contributed by atoms with van der Waals surface area (Å²) in [6.07, 6.45) is 0.219. The number of carbonyl (C=O) groups excluding carboxylic acids is 1. The van der Waals surface area contributed by atoms with Crippen LogP contribution in [0.3, 0.4) is 0 Å². The number of likely N-dealkylation sites (tertiary alicyclic amines) is 1. The van der Waals surface area contributed by atoms with E-state index >= 15 is 0 Å². The quantitative estimate of drug-likeness (QED) is 0.744. The summed E-state index contributed by atoms with van der Waals surface area (Å²) in [5.74, 6) is 0.129. The zero-order valence-electron chi connectivity index (χ0n) is 15.0. The summed E-state index contributed by atoms with van der Waals surface area (Å²) < 4.78 is 0.162. The number of carbonyl (C=O) groups is 1. The number of piperidine rings is 1. The average Bonchev–Trinajstić information content (AvgIpc) is 2.66. The normalized spacial score (nSPS) is 23.0. The van der Waals surface area contributed by atoms with E-state index < -0.39 is 9.96 Å². The van der Waals surface area contributed by atoms with Gasteiger partial charge in [0.15, 0.2) is 0 Å². The third-order valence-corrected chi connectivity index (χ3v) is 6.11. The van der Waals surface area contributed by atoms with Crippen molar-refractivity contribution in [2.45, 2.75) is 28.8 Å². The van der Waals surface area contributed by atoms with E-state index in [-0.39, 0.29) is 23.3 Å². The highest BCUT2D eigenvalue weighted by atomic mass is 35.6. The number of pyridine rings is 1. The highest BCUT2D eigenvalue weighted by molar-refractivity contribution is 6.68. The molecule has 3 heterocycles. The molecule has 1 aromatic carbocycles. The number of alkyl halides is 3. The molecule has 0 radical (unpaired) electrons. The summed E-state index contributed by atoms with van der Waals surface area (Å²) in [5, 5.41) is 2.89. The lowest BCUT2D eigenvalue weighted by atomic mass is 9.83. The summed E-state index contributed by atoms with van der Waals surface area (Å²) in [7, 11) is 0. The Morgan fingerprint density at radius 3 is 2.50 bits per heavy atom. The molecular weight excluding hydrogens is 421 g/mol. The van der Waals surface area contributed by atoms with Gasteiger partial charge in [0.2, 0.25) is 3.79 Å². The van der Waals surface area contributed by atoms with Crippen molar-refractivity contribution in [3.05, 3.63) is 70.1 Å². The van der Waals surface area contributed by atoms with Crippen LogP contribution in [-0.2, 0) is 6.54 Å². The number of halogens is 3. The van der Waals surface area contributed by atoms with Crippen LogP contribution >= 0.6 is 34.8 Å². The maximum absolute atomic E-state index is 12.7. The monoisotopic (exact) mass is 439 g/mol. The fourth-order valence-electron chi connectivity index (χ4n) is 4.32. The van der Waals surface area contributed by atoms with Crippen molar-refractivity contribution in [2.24, 2.45) is 5.92 Å². The minimum absolute atomic E-state index is 0.0240. The number of fused-ring (bicyclic) bond motifs is 4. The van der Waals surface area contributed by atoms with Crippen LogP contribution in [0.4, 0.5) is 0 Å². The average molecular weight is 441 g/mol. The Bertz CT molecular complexity index is 926. The van der Waals surface area contributed by atoms with Gasteiger partial charge in [0.1, 0.15) is 6.17 Å². The minimum Gasteiger partial charge on any atom is -0.332 e. The second-order valence-corrected chi connectivity index (χ2v) is 9.80. The van der Waals surface area contributed by atoms with Gasteiger partial charge in [-0.05, 0) is 30.5 Å². The maximum atomic E-state index is 12.7. The summed E-state index contributed by atoms with van der Waals surface area (Å²) in [4.78, 5) is 26.9. The number of benzene rings is 1. The van der Waals surface area contributed by atoms with Crippen LogP contribution in [0.25, 0.3) is 0 Å². The SMILES string of the molecule is O=C(NC(N1CC2C[C@@H](C1)c1cccc(=O)n1C2)C(Cl)(Cl)Cl)c1ccccc1. The Morgan fingerprint density at radius 1 is 1.04 bits per heavy atom. The molecule has 0 spiro atoms. The van der Waals surface area contributed by atoms with Crippen molar-refractivity contribution in [1.29, 1.82) is 0 Å². The van der Waals surface area contributed by atoms with E-state index in [9.17, 15) is 9.59 Å². The Labute approximate surface area is 178 Å². The first kappa shape index (κ1) is 19.8. The van der Waals surface area contributed by atoms with Crippen molar-refractivity contribution in [3.63, 3.8) is 0 Å². The fraction of sp³-hybridized carbons (Fsp3) is 0.400. The van der Waals surface area contributed by atoms with Gasteiger partial charge in [-0.25, -0.2) is 0 Å². The number of aromatic nitrogens is 1. The van der Waals surface area contributed by atoms with Crippen molar-refractivity contribution in [2.75, 3.05) is 13.1 Å². The number of nitrogens with zero attached hydrogens (tertiary/aromatic N) is 2. The second kappa shape index (κ2) is 7.71. The lowest BCUT2D eigenvalue weighted by molar-refractivity contribution is 0.0586. The molecule has 1 N–H and O–H groups in total. The fourth-order valence-corrected chi connectivity index (χ4v) is 4.90. The summed E-state index contributed by atoms with van der Waals surface area (Å²) in [6.45, 7) is 1.89. The molecule has 2 bridgehead atoms. The summed E-state index contributed by atoms with van der Waals surface area (Å²) in [5.41, 5.74) is 1.54. The van der Waals surface area contributed by atoms with E-state index in [2.05, 4.69) is 5.32 Å². The predicted octanol–water partition coefficient (Wildman–Crippen LogP) is 3.39. The van der Waals surface area contributed by atoms with Crippen molar-refractivity contribution in [1.82, 2.24) is 14.8 Å². The van der Waals surface area contributed by atoms with Crippen molar-refractivity contribution < 1.29 is 4.79 Å². The molecule has 1 aromatic heterocycles. The third kappa shape index (κ3) is 3.94. The Balaban J connectivity index is 1.59. The van der Waals surface area contributed by atoms with E-state index in [1.807, 2.05) is 21.6 Å². The first-order valence-electron chi connectivity index (χ1n) is 9.19. The lowest BCUT2D eigenvalue weighted by Crippen LogP contribution is -2.60. The molecule has 1 fully saturated rings. The molecule has 28 heavy (non-hydrogen) atoms. The number of hydrogen-bond acceptors (Lipinski definition) is 3. The minimum atomic E-state index is -1.69. The number of amides is 1. The van der Waals surface area contributed by atoms with Gasteiger partial charge in [-0.2, -0.15) is 0 Å². The molecule has 1 saturated heterocycles. The summed E-state index contributed by atoms with van der Waals surface area (Å²) >= 11 is 18.8. The molecule has 3 atom stereocenters. The molecular formula is C20H20Cl3N3O2. The van der Waals surface area contributed by atoms with Crippen LogP contribution in [0.5, 0.6) is 0 Å². The highest BCUT2D eigenvalue weighted by Gasteiger charge is 2.44. The maximum Gasteiger partial charge on any atom is 0.252 e. The van der Waals surface area contributed by atoms with Gasteiger partial charge in [0.25, 0.3) is 11.5 Å². The van der Waals surface area contributed by atoms with Gasteiger partial charge in [0.05, 0.1) is 0 Å². The highest BCUT2D eigenvalue weighted by Crippen LogP contribution is 2.39. The standard InChI is InChI=1S/C20H20Cl3N3O2/c21-20(22,23)19(24-18(28)14-5-2-1-3-6-14)25-10-13-9-15(12-25)16-7-4-8-17(27)26(16)11-13/h1-8,13,15,19H,9-12H2,(H,24,28)/t13?,15-,19?/m0/s1. The van der Waals surface area contributed by atoms with E-state index in [0.717, 1.165) is 12.1 Å². The topological polar surface area (TPSA) is 54.3 Å². The molecule has 4 rings (SSSR count). The molecule has 5 nitrogen and oxygen atoms in total. The van der Waals surface area contributed by atoms with Crippen LogP contribution < -0.4 is 10.9 Å². The van der Waals surface area contributed by atoms with E-state index in [4.69, 9.17) is 34.8 Å². The first-order chi connectivity index (χ1) is 13.3. The third-order valence-electron chi connectivity index (χ3n) is 5.49. The lowest BCUT2D eigenvalue weighted by Gasteiger charge is -2.47. The Morgan fingerprint density at radius 2 is 1.79 bits per heavy atom. The van der Waals surface area contributed by atoms with E-state index in [1.165, 1.54) is 0 Å². The van der Waals surface area contributed by atoms with Gasteiger partial charge in [-0.15, -0.1) is 0 Å². The molecule has 0 saturated carbocycles. The van der Waals surface area contributed by atoms with Gasteiger partial charge < -0.3 is 9.88 Å². The zero-order chi connectivity index (χ0) is 19.9. The number of nitrogens with one attached hydrogen (secondary N) is 1. The molecule has 2 aliphatic rings. The smallest absolute Gasteiger partial charge is 0.252 e. The van der Waals surface area contributed by atoms with Crippen molar-refractivity contribution in [3.8, 4) is 0 Å². The van der Waals surface area contributed by atoms with Gasteiger partial charge in [-0.1, -0.05) is 59.1 Å². The van der Waals surface area contributed by atoms with Gasteiger partial charge >= 0.3 is 0 Å². The molecule has 2 aromatic rings. The molecule has 0 aliphatic carbocycles. The van der Waals surface area contributed by atoms with Crippen LogP contribution in [0.2, 0.25) is 0 Å². The van der Waals surface area contributed by atoms with E-state index in [0.29, 0.717) is 25.2 Å². The zero-order valence-corrected chi connectivity index (χ0v) is 17.3. The van der Waals surface area contributed by atoms with Crippen LogP contribution in [0.15, 0.2) is 53.3 Å². The molecule has 148 valence electrons. The summed E-state index contributed by atoms with van der Waals surface area (Å²) in [6, 6.07) is 14.2. The number of hydrogen-bond donors (Lipinski definition) is 1. The van der Waals surface area contributed by atoms with Crippen molar-refractivity contribution >= 4 is 40.7 Å². The van der Waals surface area contributed by atoms with Gasteiger partial charge in [-0.3, -0.25) is 14.5 Å². The molecule has 2 unspecified atom stereocenters. The molecule has 8 heteroatoms. The van der Waals surface area contributed by atoms with Gasteiger partial charge in [0, 0.05) is 42.9 Å². The second-order valence-electron chi connectivity index (χ2n) is 7.44. The predicted molar refractivity (Wildman–Crippen MR) is 111 cm³/mol. The Kier molecular flexibility index (Phi) is 5.45. The van der Waals surface area contributed by atoms with Crippen LogP contribution in [0, 0.1) is 5.92 Å². The molecule has 1 amide bonds.